The Balaban J connectivity index is 2.19. The number of phenolic OH excluding ortho intramolecular Hbond substituents is 2. The number of aromatic hydroxyl groups is 2. The molecule has 2 amide bonds. The molecule has 0 bridgehead atoms. The smallest absolute Gasteiger partial charge is 0.286 e. The fraction of sp³-hybridized carbons (Fsp3) is 0.556. The molecule has 0 radical (unpaired) electrons. The summed E-state index contributed by atoms with van der Waals surface area (Å²) in [6, 6.07) is 2.19. The number of rotatable bonds is 8. The van der Waals surface area contributed by atoms with E-state index in [1.165, 1.54) is 0 Å². The van der Waals surface area contributed by atoms with Crippen molar-refractivity contribution in [3.63, 3.8) is 0 Å². The molecule has 0 spiro atoms. The number of carbonyl (C=O) groups excluding carboxylic acids is 2. The molecule has 2 rings (SSSR count). The predicted molar refractivity (Wildman–Crippen MR) is 88.8 cm³/mol. The second-order valence-electron chi connectivity index (χ2n) is 6.42. The molecule has 1 aromatic rings. The molecule has 0 saturated heterocycles. The Hall–Kier alpha value is -2.08. The summed E-state index contributed by atoms with van der Waals surface area (Å²) in [6.07, 6.45) is 4.83. The fourth-order valence-electron chi connectivity index (χ4n) is 3.35. The van der Waals surface area contributed by atoms with Crippen LogP contribution in [-0.4, -0.2) is 33.7 Å². The summed E-state index contributed by atoms with van der Waals surface area (Å²) >= 11 is 0. The van der Waals surface area contributed by atoms with E-state index < -0.39 is 23.3 Å². The number of imide groups is 1. The SMILES string of the molecule is CCCC(CC)(CCC)CON1C(=O)c2cc(O)c(O)cc2C1=O. The normalized spacial score (nSPS) is 14.4. The second-order valence-corrected chi connectivity index (χ2v) is 6.42. The van der Waals surface area contributed by atoms with Gasteiger partial charge < -0.3 is 10.2 Å². The van der Waals surface area contributed by atoms with Crippen molar-refractivity contribution in [2.24, 2.45) is 5.41 Å². The van der Waals surface area contributed by atoms with Crippen LogP contribution in [0.4, 0.5) is 0 Å². The molecular weight excluding hydrogens is 310 g/mol. The van der Waals surface area contributed by atoms with E-state index in [0.717, 1.165) is 49.3 Å². The third-order valence-corrected chi connectivity index (χ3v) is 4.75. The highest BCUT2D eigenvalue weighted by molar-refractivity contribution is 6.20. The van der Waals surface area contributed by atoms with Crippen LogP contribution in [0.25, 0.3) is 0 Å². The first-order valence-electron chi connectivity index (χ1n) is 8.46. The number of hydrogen-bond donors (Lipinski definition) is 2. The summed E-state index contributed by atoms with van der Waals surface area (Å²) in [7, 11) is 0. The number of nitrogens with zero attached hydrogens (tertiary/aromatic N) is 1. The lowest BCUT2D eigenvalue weighted by molar-refractivity contribution is -0.125. The largest absolute Gasteiger partial charge is 0.504 e. The van der Waals surface area contributed by atoms with Crippen LogP contribution in [0.1, 0.15) is 73.6 Å². The number of fused-ring (bicyclic) bond motifs is 1. The molecule has 1 aliphatic heterocycles. The lowest BCUT2D eigenvalue weighted by atomic mass is 9.78. The number of hydroxylamine groups is 2. The minimum Gasteiger partial charge on any atom is -0.504 e. The van der Waals surface area contributed by atoms with E-state index >= 15 is 0 Å². The summed E-state index contributed by atoms with van der Waals surface area (Å²) in [5.74, 6) is -2.08. The molecule has 6 nitrogen and oxygen atoms in total. The third-order valence-electron chi connectivity index (χ3n) is 4.75. The highest BCUT2D eigenvalue weighted by Crippen LogP contribution is 2.37. The highest BCUT2D eigenvalue weighted by Gasteiger charge is 2.39. The Kier molecular flexibility index (Phi) is 5.49. The van der Waals surface area contributed by atoms with Gasteiger partial charge in [-0.25, -0.2) is 0 Å². The maximum atomic E-state index is 12.4. The maximum Gasteiger partial charge on any atom is 0.286 e. The topological polar surface area (TPSA) is 87.1 Å². The summed E-state index contributed by atoms with van der Waals surface area (Å²) in [6.45, 7) is 6.59. The lowest BCUT2D eigenvalue weighted by Gasteiger charge is -2.33. The summed E-state index contributed by atoms with van der Waals surface area (Å²) < 4.78 is 0. The summed E-state index contributed by atoms with van der Waals surface area (Å²) in [4.78, 5) is 30.4. The van der Waals surface area contributed by atoms with Gasteiger partial charge in [0.2, 0.25) is 0 Å². The molecule has 2 N–H and O–H groups in total. The lowest BCUT2D eigenvalue weighted by Crippen LogP contribution is -2.36. The van der Waals surface area contributed by atoms with Gasteiger partial charge in [0, 0.05) is 0 Å². The van der Waals surface area contributed by atoms with Gasteiger partial charge in [-0.1, -0.05) is 33.6 Å². The van der Waals surface area contributed by atoms with Crippen LogP contribution in [0.15, 0.2) is 12.1 Å². The first-order chi connectivity index (χ1) is 11.4. The summed E-state index contributed by atoms with van der Waals surface area (Å²) in [5, 5.41) is 19.8. The van der Waals surface area contributed by atoms with Crippen molar-refractivity contribution in [2.45, 2.75) is 52.9 Å². The Morgan fingerprint density at radius 1 is 0.958 bits per heavy atom. The van der Waals surface area contributed by atoms with Gasteiger partial charge in [-0.15, -0.1) is 5.06 Å². The molecular formula is C18H25NO5. The zero-order chi connectivity index (χ0) is 17.9. The number of amides is 2. The first kappa shape index (κ1) is 18.3. The van der Waals surface area contributed by atoms with Crippen molar-refractivity contribution in [1.82, 2.24) is 5.06 Å². The highest BCUT2D eigenvalue weighted by atomic mass is 16.7. The van der Waals surface area contributed by atoms with Crippen molar-refractivity contribution in [3.8, 4) is 11.5 Å². The number of phenols is 2. The molecule has 0 aromatic heterocycles. The maximum absolute atomic E-state index is 12.4. The van der Waals surface area contributed by atoms with Gasteiger partial charge in [-0.05, 0) is 36.8 Å². The van der Waals surface area contributed by atoms with E-state index in [1.807, 2.05) is 0 Å². The van der Waals surface area contributed by atoms with Crippen molar-refractivity contribution in [1.29, 1.82) is 0 Å². The van der Waals surface area contributed by atoms with Crippen LogP contribution in [0.2, 0.25) is 0 Å². The van der Waals surface area contributed by atoms with Gasteiger partial charge in [0.1, 0.15) is 0 Å². The minimum absolute atomic E-state index is 0.0448. The monoisotopic (exact) mass is 335 g/mol. The van der Waals surface area contributed by atoms with Crippen LogP contribution in [-0.2, 0) is 4.84 Å². The van der Waals surface area contributed by atoms with Crippen molar-refractivity contribution in [2.75, 3.05) is 6.61 Å². The zero-order valence-electron chi connectivity index (χ0n) is 14.5. The molecule has 132 valence electrons. The van der Waals surface area contributed by atoms with E-state index in [1.54, 1.807) is 0 Å². The van der Waals surface area contributed by atoms with E-state index in [9.17, 15) is 19.8 Å². The average Bonchev–Trinajstić information content (AvgIpc) is 2.77. The van der Waals surface area contributed by atoms with Crippen LogP contribution >= 0.6 is 0 Å². The Bertz CT molecular complexity index is 594. The zero-order valence-corrected chi connectivity index (χ0v) is 14.5. The number of hydrogen-bond acceptors (Lipinski definition) is 5. The molecule has 1 aromatic carbocycles. The summed E-state index contributed by atoms with van der Waals surface area (Å²) in [5.41, 5.74) is 0.0232. The molecule has 1 aliphatic rings. The number of carbonyl (C=O) groups is 2. The van der Waals surface area contributed by atoms with E-state index in [0.29, 0.717) is 0 Å². The molecule has 0 atom stereocenters. The van der Waals surface area contributed by atoms with Gasteiger partial charge in [0.05, 0.1) is 17.7 Å². The van der Waals surface area contributed by atoms with Crippen molar-refractivity contribution in [3.05, 3.63) is 23.3 Å². The van der Waals surface area contributed by atoms with Crippen LogP contribution in [0, 0.1) is 5.41 Å². The van der Waals surface area contributed by atoms with Crippen LogP contribution < -0.4 is 0 Å². The van der Waals surface area contributed by atoms with Gasteiger partial charge in [0.15, 0.2) is 11.5 Å². The molecule has 0 saturated carbocycles. The standard InChI is InChI=1S/C18H25NO5/c1-4-7-18(6-3,8-5-2)11-24-19-16(22)12-9-14(20)15(21)10-13(12)17(19)23/h9-10,20-21H,4-8,11H2,1-3H3. The van der Waals surface area contributed by atoms with Gasteiger partial charge in [-0.3, -0.25) is 14.4 Å². The number of benzene rings is 1. The molecule has 0 fully saturated rings. The average molecular weight is 335 g/mol. The van der Waals surface area contributed by atoms with Gasteiger partial charge >= 0.3 is 0 Å². The Labute approximate surface area is 142 Å². The minimum atomic E-state index is -0.608. The first-order valence-corrected chi connectivity index (χ1v) is 8.46. The van der Waals surface area contributed by atoms with E-state index in [2.05, 4.69) is 20.8 Å². The van der Waals surface area contributed by atoms with Crippen LogP contribution in [0.5, 0.6) is 11.5 Å². The van der Waals surface area contributed by atoms with Crippen molar-refractivity contribution < 1.29 is 24.6 Å². The fourth-order valence-corrected chi connectivity index (χ4v) is 3.35. The quantitative estimate of drug-likeness (QED) is 0.559. The molecule has 0 unspecified atom stereocenters. The van der Waals surface area contributed by atoms with Gasteiger partial charge in [-0.2, -0.15) is 0 Å². The van der Waals surface area contributed by atoms with E-state index in [-0.39, 0.29) is 23.1 Å². The van der Waals surface area contributed by atoms with Gasteiger partial charge in [0.25, 0.3) is 11.8 Å². The molecule has 24 heavy (non-hydrogen) atoms. The molecule has 6 heteroatoms. The predicted octanol–water partition coefficient (Wildman–Crippen LogP) is 3.62. The van der Waals surface area contributed by atoms with Crippen LogP contribution in [0.3, 0.4) is 0 Å². The second kappa shape index (κ2) is 7.21. The molecule has 0 aliphatic carbocycles. The molecule has 1 heterocycles. The Morgan fingerprint density at radius 3 is 1.79 bits per heavy atom. The Morgan fingerprint density at radius 2 is 1.42 bits per heavy atom. The van der Waals surface area contributed by atoms with Crippen molar-refractivity contribution >= 4 is 11.8 Å². The van der Waals surface area contributed by atoms with E-state index in [4.69, 9.17) is 4.84 Å². The third kappa shape index (κ3) is 3.24.